The van der Waals surface area contributed by atoms with Crippen molar-refractivity contribution in [2.45, 2.75) is 26.3 Å². The van der Waals surface area contributed by atoms with Crippen LogP contribution in [0.2, 0.25) is 0 Å². The molecule has 0 amide bonds. The van der Waals surface area contributed by atoms with Crippen molar-refractivity contribution >= 4 is 5.96 Å². The molecule has 1 atom stereocenters. The fourth-order valence-corrected chi connectivity index (χ4v) is 2.83. The van der Waals surface area contributed by atoms with Gasteiger partial charge in [0.15, 0.2) is 5.96 Å². The highest BCUT2D eigenvalue weighted by Crippen LogP contribution is 2.28. The van der Waals surface area contributed by atoms with Crippen LogP contribution in [-0.2, 0) is 0 Å². The molecule has 1 N–H and O–H groups in total. The molecule has 1 fully saturated rings. The summed E-state index contributed by atoms with van der Waals surface area (Å²) in [5.41, 5.74) is 0.375. The van der Waals surface area contributed by atoms with Gasteiger partial charge in [0, 0.05) is 26.7 Å². The molecule has 0 aromatic carbocycles. The van der Waals surface area contributed by atoms with E-state index in [1.807, 2.05) is 19.2 Å². The van der Waals surface area contributed by atoms with E-state index in [1.165, 1.54) is 6.42 Å². The molecule has 1 aliphatic heterocycles. The third kappa shape index (κ3) is 4.00. The van der Waals surface area contributed by atoms with Crippen LogP contribution in [0.4, 0.5) is 0 Å². The molecule has 0 aliphatic carbocycles. The number of furan rings is 1. The topological polar surface area (TPSA) is 44.0 Å². The van der Waals surface area contributed by atoms with Gasteiger partial charge in [-0.15, -0.1) is 0 Å². The molecule has 21 heavy (non-hydrogen) atoms. The second kappa shape index (κ2) is 6.52. The quantitative estimate of drug-likeness (QED) is 0.682. The van der Waals surface area contributed by atoms with Crippen molar-refractivity contribution in [3.05, 3.63) is 24.2 Å². The molecular formula is C16H28N4O. The van der Waals surface area contributed by atoms with Crippen LogP contribution in [0.3, 0.4) is 0 Å². The largest absolute Gasteiger partial charge is 0.468 e. The predicted molar refractivity (Wildman–Crippen MR) is 86.5 cm³/mol. The van der Waals surface area contributed by atoms with Crippen LogP contribution in [-0.4, -0.2) is 56.5 Å². The van der Waals surface area contributed by atoms with Crippen LogP contribution in [0.5, 0.6) is 0 Å². The van der Waals surface area contributed by atoms with Crippen LogP contribution >= 0.6 is 0 Å². The van der Waals surface area contributed by atoms with Crippen molar-refractivity contribution in [1.82, 2.24) is 15.1 Å². The summed E-state index contributed by atoms with van der Waals surface area (Å²) in [6.07, 6.45) is 2.94. The molecule has 0 spiro atoms. The molecule has 5 nitrogen and oxygen atoms in total. The summed E-state index contributed by atoms with van der Waals surface area (Å²) in [5, 5.41) is 3.49. The molecule has 0 bridgehead atoms. The number of aliphatic imine (C=N–C) groups is 1. The first-order chi connectivity index (χ1) is 9.93. The Labute approximate surface area is 128 Å². The molecule has 0 radical (unpaired) electrons. The fraction of sp³-hybridized carbons (Fsp3) is 0.688. The summed E-state index contributed by atoms with van der Waals surface area (Å²) in [5.74, 6) is 1.96. The number of likely N-dealkylation sites (tertiary alicyclic amines) is 1. The minimum atomic E-state index is 0.201. The van der Waals surface area contributed by atoms with Crippen LogP contribution in [0.25, 0.3) is 0 Å². The van der Waals surface area contributed by atoms with E-state index in [0.29, 0.717) is 5.41 Å². The monoisotopic (exact) mass is 292 g/mol. The van der Waals surface area contributed by atoms with Crippen molar-refractivity contribution in [1.29, 1.82) is 0 Å². The van der Waals surface area contributed by atoms with E-state index in [1.54, 1.807) is 6.26 Å². The van der Waals surface area contributed by atoms with Gasteiger partial charge >= 0.3 is 0 Å². The first-order valence-electron chi connectivity index (χ1n) is 7.58. The van der Waals surface area contributed by atoms with E-state index < -0.39 is 0 Å². The first-order valence-corrected chi connectivity index (χ1v) is 7.58. The van der Waals surface area contributed by atoms with Crippen molar-refractivity contribution in [2.24, 2.45) is 10.4 Å². The Bertz CT molecular complexity index is 465. The van der Waals surface area contributed by atoms with Gasteiger partial charge in [-0.2, -0.15) is 0 Å². The van der Waals surface area contributed by atoms with E-state index >= 15 is 0 Å². The van der Waals surface area contributed by atoms with Crippen molar-refractivity contribution in [3.8, 4) is 0 Å². The van der Waals surface area contributed by atoms with Crippen LogP contribution in [0, 0.1) is 5.41 Å². The summed E-state index contributed by atoms with van der Waals surface area (Å²) >= 11 is 0. The van der Waals surface area contributed by atoms with Gasteiger partial charge in [-0.3, -0.25) is 9.89 Å². The lowest BCUT2D eigenvalue weighted by molar-refractivity contribution is 0.256. The lowest BCUT2D eigenvalue weighted by Gasteiger charge is -2.27. The number of guanidine groups is 1. The molecular weight excluding hydrogens is 264 g/mol. The van der Waals surface area contributed by atoms with Gasteiger partial charge in [-0.05, 0) is 38.1 Å². The summed E-state index contributed by atoms with van der Waals surface area (Å²) in [7, 11) is 5.98. The average Bonchev–Trinajstić information content (AvgIpc) is 3.04. The lowest BCUT2D eigenvalue weighted by Crippen LogP contribution is -2.43. The SMILES string of the molecule is CN=C(NCC(c1ccco1)N(C)C)N1CCC(C)(C)C1. The number of nitrogens with one attached hydrogen (secondary N) is 1. The summed E-state index contributed by atoms with van der Waals surface area (Å²) in [6, 6.07) is 4.16. The maximum absolute atomic E-state index is 5.55. The van der Waals surface area contributed by atoms with Gasteiger partial charge in [0.25, 0.3) is 0 Å². The number of likely N-dealkylation sites (N-methyl/N-ethyl adjacent to an activating group) is 1. The highest BCUT2D eigenvalue weighted by molar-refractivity contribution is 5.80. The molecule has 1 aromatic rings. The van der Waals surface area contributed by atoms with Gasteiger partial charge in [-0.25, -0.2) is 0 Å². The Kier molecular flexibility index (Phi) is 4.93. The van der Waals surface area contributed by atoms with Gasteiger partial charge in [0.05, 0.1) is 12.3 Å². The lowest BCUT2D eigenvalue weighted by atomic mass is 9.93. The second-order valence-electron chi connectivity index (χ2n) is 6.76. The third-order valence-corrected chi connectivity index (χ3v) is 4.14. The van der Waals surface area contributed by atoms with Gasteiger partial charge in [0.2, 0.25) is 0 Å². The second-order valence-corrected chi connectivity index (χ2v) is 6.76. The van der Waals surface area contributed by atoms with E-state index in [0.717, 1.165) is 31.4 Å². The smallest absolute Gasteiger partial charge is 0.193 e. The Morgan fingerprint density at radius 2 is 2.29 bits per heavy atom. The average molecular weight is 292 g/mol. The summed E-state index contributed by atoms with van der Waals surface area (Å²) in [6.45, 7) is 7.53. The molecule has 118 valence electrons. The number of nitrogens with zero attached hydrogens (tertiary/aromatic N) is 3. The van der Waals surface area contributed by atoms with Crippen molar-refractivity contribution < 1.29 is 4.42 Å². The molecule has 1 saturated heterocycles. The van der Waals surface area contributed by atoms with Gasteiger partial charge in [-0.1, -0.05) is 13.8 Å². The van der Waals surface area contributed by atoms with Crippen LogP contribution < -0.4 is 5.32 Å². The maximum atomic E-state index is 5.55. The zero-order chi connectivity index (χ0) is 15.5. The zero-order valence-corrected chi connectivity index (χ0v) is 13.9. The van der Waals surface area contributed by atoms with E-state index in [9.17, 15) is 0 Å². The molecule has 0 saturated carbocycles. The molecule has 1 unspecified atom stereocenters. The standard InChI is InChI=1S/C16H28N4O/c1-16(2)8-9-20(12-16)15(17-3)18-11-13(19(4)5)14-7-6-10-21-14/h6-7,10,13H,8-9,11-12H2,1-5H3,(H,17,18). The fourth-order valence-electron chi connectivity index (χ4n) is 2.83. The van der Waals surface area contributed by atoms with Crippen LogP contribution in [0.15, 0.2) is 27.8 Å². The number of rotatable bonds is 4. The minimum Gasteiger partial charge on any atom is -0.468 e. The minimum absolute atomic E-state index is 0.201. The summed E-state index contributed by atoms with van der Waals surface area (Å²) in [4.78, 5) is 8.93. The normalized spacial score (nSPS) is 20.1. The van der Waals surface area contributed by atoms with Crippen LogP contribution in [0.1, 0.15) is 32.1 Å². The maximum Gasteiger partial charge on any atom is 0.193 e. The number of hydrogen-bond acceptors (Lipinski definition) is 3. The molecule has 2 rings (SSSR count). The van der Waals surface area contributed by atoms with Crippen molar-refractivity contribution in [3.63, 3.8) is 0 Å². The molecule has 5 heteroatoms. The Morgan fingerprint density at radius 1 is 1.52 bits per heavy atom. The first kappa shape index (κ1) is 15.9. The Morgan fingerprint density at radius 3 is 2.76 bits per heavy atom. The van der Waals surface area contributed by atoms with E-state index in [-0.39, 0.29) is 6.04 Å². The highest BCUT2D eigenvalue weighted by atomic mass is 16.3. The number of hydrogen-bond donors (Lipinski definition) is 1. The molecule has 1 aliphatic rings. The predicted octanol–water partition coefficient (Wildman–Crippen LogP) is 2.19. The molecule has 1 aromatic heterocycles. The molecule has 2 heterocycles. The third-order valence-electron chi connectivity index (χ3n) is 4.14. The Hall–Kier alpha value is -1.49. The van der Waals surface area contributed by atoms with Gasteiger partial charge < -0.3 is 14.6 Å². The van der Waals surface area contributed by atoms with Gasteiger partial charge in [0.1, 0.15) is 5.76 Å². The summed E-state index contributed by atoms with van der Waals surface area (Å²) < 4.78 is 5.55. The van der Waals surface area contributed by atoms with E-state index in [4.69, 9.17) is 4.42 Å². The van der Waals surface area contributed by atoms with E-state index in [2.05, 4.69) is 48.1 Å². The van der Waals surface area contributed by atoms with Crippen molar-refractivity contribution in [2.75, 3.05) is 40.8 Å². The zero-order valence-electron chi connectivity index (χ0n) is 13.9. The Balaban J connectivity index is 1.96. The highest BCUT2D eigenvalue weighted by Gasteiger charge is 2.31.